The fourth-order valence-electron chi connectivity index (χ4n) is 2.83. The largest absolute Gasteiger partial charge is 0.486 e. The molecule has 3 rings (SSSR count). The van der Waals surface area contributed by atoms with Crippen LogP contribution in [-0.4, -0.2) is 26.4 Å². The summed E-state index contributed by atoms with van der Waals surface area (Å²) in [7, 11) is 0. The van der Waals surface area contributed by atoms with Gasteiger partial charge in [0.1, 0.15) is 12.4 Å². The summed E-state index contributed by atoms with van der Waals surface area (Å²) in [5.74, 6) is 1.57. The zero-order valence-corrected chi connectivity index (χ0v) is 19.0. The van der Waals surface area contributed by atoms with Gasteiger partial charge < -0.3 is 10.1 Å². The molecule has 162 valence electrons. The van der Waals surface area contributed by atoms with Crippen molar-refractivity contribution in [3.05, 3.63) is 83.2 Å². The molecule has 1 N–H and O–H groups in total. The van der Waals surface area contributed by atoms with Gasteiger partial charge in [0.05, 0.1) is 5.75 Å². The highest BCUT2D eigenvalue weighted by Gasteiger charge is 2.14. The lowest BCUT2D eigenvalue weighted by molar-refractivity contribution is -0.118. The van der Waals surface area contributed by atoms with Gasteiger partial charge in [0, 0.05) is 18.1 Å². The Kier molecular flexibility index (Phi) is 8.55. The van der Waals surface area contributed by atoms with E-state index in [1.165, 1.54) is 17.3 Å². The van der Waals surface area contributed by atoms with Crippen molar-refractivity contribution < 1.29 is 9.53 Å². The number of amides is 1. The Morgan fingerprint density at radius 2 is 2.00 bits per heavy atom. The molecule has 31 heavy (non-hydrogen) atoms. The van der Waals surface area contributed by atoms with Crippen LogP contribution in [-0.2, 0) is 30.9 Å². The summed E-state index contributed by atoms with van der Waals surface area (Å²) in [5, 5.41) is 12.6. The number of nitrogens with one attached hydrogen (secondary N) is 1. The van der Waals surface area contributed by atoms with Gasteiger partial charge in [0.25, 0.3) is 0 Å². The zero-order chi connectivity index (χ0) is 22.1. The normalized spacial score (nSPS) is 10.6. The summed E-state index contributed by atoms with van der Waals surface area (Å²) in [6.07, 6.45) is 2.75. The lowest BCUT2D eigenvalue weighted by atomic mass is 10.2. The summed E-state index contributed by atoms with van der Waals surface area (Å²) in [6, 6.07) is 15.4. The molecule has 1 aromatic heterocycles. The molecule has 0 aliphatic heterocycles. The molecule has 0 aliphatic rings. The van der Waals surface area contributed by atoms with E-state index in [0.717, 1.165) is 17.7 Å². The van der Waals surface area contributed by atoms with Crippen molar-refractivity contribution >= 4 is 29.3 Å². The quantitative estimate of drug-likeness (QED) is 0.335. The van der Waals surface area contributed by atoms with Crippen LogP contribution in [0, 0.1) is 0 Å². The summed E-state index contributed by atoms with van der Waals surface area (Å²) in [6.45, 7) is 7.12. The SMILES string of the molecule is C=CCn1c(COc2ccc(CC)cc2)nnc1SCC(=O)NCc1ccccc1Cl. The maximum absolute atomic E-state index is 12.3. The van der Waals surface area contributed by atoms with Crippen LogP contribution < -0.4 is 10.1 Å². The highest BCUT2D eigenvalue weighted by molar-refractivity contribution is 7.99. The van der Waals surface area contributed by atoms with Crippen LogP contribution in [0.5, 0.6) is 5.75 Å². The lowest BCUT2D eigenvalue weighted by Gasteiger charge is -2.10. The third-order valence-electron chi connectivity index (χ3n) is 4.57. The van der Waals surface area contributed by atoms with Crippen LogP contribution in [0.2, 0.25) is 5.02 Å². The molecule has 1 heterocycles. The van der Waals surface area contributed by atoms with Crippen LogP contribution >= 0.6 is 23.4 Å². The highest BCUT2D eigenvalue weighted by atomic mass is 35.5. The van der Waals surface area contributed by atoms with Gasteiger partial charge in [-0.25, -0.2) is 0 Å². The average Bonchev–Trinajstić information content (AvgIpc) is 3.18. The third-order valence-corrected chi connectivity index (χ3v) is 5.91. The van der Waals surface area contributed by atoms with Crippen LogP contribution in [0.4, 0.5) is 0 Å². The Balaban J connectivity index is 1.55. The number of ether oxygens (including phenoxy) is 1. The molecule has 2 aromatic carbocycles. The van der Waals surface area contributed by atoms with E-state index in [1.54, 1.807) is 12.1 Å². The maximum atomic E-state index is 12.3. The van der Waals surface area contributed by atoms with Gasteiger partial charge in [-0.05, 0) is 35.7 Å². The molecule has 3 aromatic rings. The standard InChI is InChI=1S/C23H25ClN4O2S/c1-3-13-28-21(15-30-19-11-9-17(4-2)10-12-19)26-27-23(28)31-16-22(29)25-14-18-7-5-6-8-20(18)24/h3,5-12H,1,4,13-16H2,2H3,(H,25,29). The van der Waals surface area contributed by atoms with Gasteiger partial charge in [0.2, 0.25) is 5.91 Å². The van der Waals surface area contributed by atoms with Gasteiger partial charge >= 0.3 is 0 Å². The number of carbonyl (C=O) groups excluding carboxylic acids is 1. The molecule has 0 spiro atoms. The van der Waals surface area contributed by atoms with E-state index >= 15 is 0 Å². The van der Waals surface area contributed by atoms with Gasteiger partial charge in [-0.1, -0.05) is 66.7 Å². The number of carbonyl (C=O) groups is 1. The number of allylic oxidation sites excluding steroid dienone is 1. The first-order valence-corrected chi connectivity index (χ1v) is 11.3. The Morgan fingerprint density at radius 3 is 2.71 bits per heavy atom. The number of hydrogen-bond donors (Lipinski definition) is 1. The number of aryl methyl sites for hydroxylation is 1. The average molecular weight is 457 g/mol. The van der Waals surface area contributed by atoms with Crippen molar-refractivity contribution in [3.63, 3.8) is 0 Å². The second-order valence-corrected chi connectivity index (χ2v) is 8.09. The van der Waals surface area contributed by atoms with E-state index < -0.39 is 0 Å². The molecule has 0 saturated carbocycles. The summed E-state index contributed by atoms with van der Waals surface area (Å²) in [4.78, 5) is 12.3. The molecule has 0 unspecified atom stereocenters. The van der Waals surface area contributed by atoms with Crippen molar-refractivity contribution in [2.24, 2.45) is 0 Å². The number of nitrogens with zero attached hydrogens (tertiary/aromatic N) is 3. The fourth-order valence-corrected chi connectivity index (χ4v) is 3.83. The minimum absolute atomic E-state index is 0.105. The van der Waals surface area contributed by atoms with E-state index in [0.29, 0.717) is 29.1 Å². The number of rotatable bonds is 11. The smallest absolute Gasteiger partial charge is 0.230 e. The molecule has 0 radical (unpaired) electrons. The molecule has 1 amide bonds. The summed E-state index contributed by atoms with van der Waals surface area (Å²) in [5.41, 5.74) is 2.14. The second-order valence-electron chi connectivity index (χ2n) is 6.74. The van der Waals surface area contributed by atoms with E-state index in [-0.39, 0.29) is 18.3 Å². The van der Waals surface area contributed by atoms with Crippen molar-refractivity contribution in [2.45, 2.75) is 38.2 Å². The van der Waals surface area contributed by atoms with E-state index in [9.17, 15) is 4.79 Å². The Morgan fingerprint density at radius 1 is 1.23 bits per heavy atom. The number of hydrogen-bond acceptors (Lipinski definition) is 5. The van der Waals surface area contributed by atoms with Crippen LogP contribution in [0.25, 0.3) is 0 Å². The van der Waals surface area contributed by atoms with Crippen molar-refractivity contribution in [3.8, 4) is 5.75 Å². The molecule has 8 heteroatoms. The molecule has 0 atom stereocenters. The molecule has 6 nitrogen and oxygen atoms in total. The topological polar surface area (TPSA) is 69.0 Å². The first-order chi connectivity index (χ1) is 15.1. The van der Waals surface area contributed by atoms with Crippen LogP contribution in [0.1, 0.15) is 23.9 Å². The van der Waals surface area contributed by atoms with E-state index in [4.69, 9.17) is 16.3 Å². The van der Waals surface area contributed by atoms with Gasteiger partial charge in [-0.3, -0.25) is 9.36 Å². The number of thioether (sulfide) groups is 1. The maximum Gasteiger partial charge on any atom is 0.230 e. The van der Waals surface area contributed by atoms with Crippen molar-refractivity contribution in [1.82, 2.24) is 20.1 Å². The third kappa shape index (κ3) is 6.60. The van der Waals surface area contributed by atoms with E-state index in [2.05, 4.69) is 29.0 Å². The van der Waals surface area contributed by atoms with Crippen LogP contribution in [0.3, 0.4) is 0 Å². The number of halogens is 1. The minimum atomic E-state index is -0.105. The van der Waals surface area contributed by atoms with Crippen molar-refractivity contribution in [2.75, 3.05) is 5.75 Å². The fraction of sp³-hybridized carbons (Fsp3) is 0.261. The van der Waals surface area contributed by atoms with Crippen LogP contribution in [0.15, 0.2) is 66.3 Å². The van der Waals surface area contributed by atoms with E-state index in [1.807, 2.05) is 47.0 Å². The molecular formula is C23H25ClN4O2S. The minimum Gasteiger partial charge on any atom is -0.486 e. The monoisotopic (exact) mass is 456 g/mol. The Labute approximate surface area is 191 Å². The predicted molar refractivity (Wildman–Crippen MR) is 124 cm³/mol. The molecule has 0 fully saturated rings. The van der Waals surface area contributed by atoms with Crippen molar-refractivity contribution in [1.29, 1.82) is 0 Å². The van der Waals surface area contributed by atoms with Gasteiger partial charge in [-0.2, -0.15) is 0 Å². The summed E-state index contributed by atoms with van der Waals surface area (Å²) >= 11 is 7.45. The summed E-state index contributed by atoms with van der Waals surface area (Å²) < 4.78 is 7.76. The molecule has 0 bridgehead atoms. The zero-order valence-electron chi connectivity index (χ0n) is 17.4. The first kappa shape index (κ1) is 22.9. The molecule has 0 aliphatic carbocycles. The predicted octanol–water partition coefficient (Wildman–Crippen LogP) is 4.67. The Bertz CT molecular complexity index is 1020. The van der Waals surface area contributed by atoms with Gasteiger partial charge in [0.15, 0.2) is 11.0 Å². The lowest BCUT2D eigenvalue weighted by Crippen LogP contribution is -2.24. The molecular weight excluding hydrogens is 432 g/mol. The number of aromatic nitrogens is 3. The second kappa shape index (κ2) is 11.6. The molecule has 0 saturated heterocycles. The number of benzene rings is 2. The highest BCUT2D eigenvalue weighted by Crippen LogP contribution is 2.20. The Hall–Kier alpha value is -2.77. The first-order valence-electron chi connectivity index (χ1n) is 9.98. The van der Waals surface area contributed by atoms with Gasteiger partial charge in [-0.15, -0.1) is 16.8 Å².